The molecule has 3 rings (SSSR count). The Morgan fingerprint density at radius 3 is 2.69 bits per heavy atom. The average molecular weight is 363 g/mol. The molecule has 1 aliphatic carbocycles. The van der Waals surface area contributed by atoms with Crippen molar-refractivity contribution in [3.63, 3.8) is 0 Å². The fraction of sp³-hybridized carbons (Fsp3) is 0.600. The number of carboxylic acid groups (broad SMARTS) is 1. The van der Waals surface area contributed by atoms with Crippen LogP contribution in [0.5, 0.6) is 5.75 Å². The number of nitrogens with zero attached hydrogens (tertiary/aromatic N) is 1. The van der Waals surface area contributed by atoms with E-state index in [0.717, 1.165) is 25.7 Å². The van der Waals surface area contributed by atoms with Gasteiger partial charge in [-0.2, -0.15) is 0 Å². The summed E-state index contributed by atoms with van der Waals surface area (Å²) in [5.74, 6) is -1.40. The Balaban J connectivity index is 1.63. The van der Waals surface area contributed by atoms with Gasteiger partial charge in [0, 0.05) is 13.1 Å². The number of carboxylic acids is 1. The summed E-state index contributed by atoms with van der Waals surface area (Å²) >= 11 is 0. The Morgan fingerprint density at radius 2 is 2.04 bits per heavy atom. The SMILES string of the molecule is CCCCOc1ccc2c(c1F)C(=O)N(C[C@H]1CC[C@H](C(=O)O)CC1)C2. The lowest BCUT2D eigenvalue weighted by Gasteiger charge is -2.29. The van der Waals surface area contributed by atoms with Crippen molar-refractivity contribution in [3.05, 3.63) is 29.1 Å². The lowest BCUT2D eigenvalue weighted by molar-refractivity contribution is -0.143. The fourth-order valence-corrected chi connectivity index (χ4v) is 3.88. The van der Waals surface area contributed by atoms with Crippen molar-refractivity contribution in [1.29, 1.82) is 0 Å². The number of fused-ring (bicyclic) bond motifs is 1. The van der Waals surface area contributed by atoms with Crippen molar-refractivity contribution in [3.8, 4) is 5.75 Å². The van der Waals surface area contributed by atoms with E-state index in [2.05, 4.69) is 0 Å². The van der Waals surface area contributed by atoms with Crippen LogP contribution in [0, 0.1) is 17.7 Å². The zero-order chi connectivity index (χ0) is 18.7. The number of halogens is 1. The smallest absolute Gasteiger partial charge is 0.306 e. The maximum absolute atomic E-state index is 14.7. The summed E-state index contributed by atoms with van der Waals surface area (Å²) < 4.78 is 20.2. The quantitative estimate of drug-likeness (QED) is 0.747. The van der Waals surface area contributed by atoms with E-state index >= 15 is 0 Å². The number of benzene rings is 1. The molecule has 0 radical (unpaired) electrons. The number of amides is 1. The molecule has 0 spiro atoms. The molecule has 26 heavy (non-hydrogen) atoms. The van der Waals surface area contributed by atoms with Crippen molar-refractivity contribution in [2.24, 2.45) is 11.8 Å². The first-order valence-electron chi connectivity index (χ1n) is 9.47. The van der Waals surface area contributed by atoms with E-state index in [9.17, 15) is 14.0 Å². The van der Waals surface area contributed by atoms with Crippen molar-refractivity contribution in [2.75, 3.05) is 13.2 Å². The number of ether oxygens (including phenoxy) is 1. The van der Waals surface area contributed by atoms with Crippen LogP contribution in [-0.2, 0) is 11.3 Å². The minimum absolute atomic E-state index is 0.137. The van der Waals surface area contributed by atoms with Gasteiger partial charge in [-0.25, -0.2) is 4.39 Å². The van der Waals surface area contributed by atoms with Crippen molar-refractivity contribution < 1.29 is 23.8 Å². The third-order valence-electron chi connectivity index (χ3n) is 5.49. The largest absolute Gasteiger partial charge is 0.490 e. The van der Waals surface area contributed by atoms with Crippen LogP contribution in [0.3, 0.4) is 0 Å². The van der Waals surface area contributed by atoms with Crippen molar-refractivity contribution in [2.45, 2.75) is 52.0 Å². The number of carbonyl (C=O) groups is 2. The Kier molecular flexibility index (Phi) is 5.79. The van der Waals surface area contributed by atoms with E-state index in [4.69, 9.17) is 9.84 Å². The van der Waals surface area contributed by atoms with Gasteiger partial charge in [0.25, 0.3) is 5.91 Å². The first-order valence-corrected chi connectivity index (χ1v) is 9.47. The molecule has 1 amide bonds. The molecule has 6 heteroatoms. The van der Waals surface area contributed by atoms with Crippen LogP contribution in [0.2, 0.25) is 0 Å². The molecule has 1 fully saturated rings. The standard InChI is InChI=1S/C20H26FNO4/c1-2-3-10-26-16-9-8-15-12-22(19(23)17(15)18(16)21)11-13-4-6-14(7-5-13)20(24)25/h8-9,13-14H,2-7,10-12H2,1H3,(H,24,25)/t13-,14-. The normalized spacial score (nSPS) is 22.4. The highest BCUT2D eigenvalue weighted by Gasteiger charge is 2.35. The first kappa shape index (κ1) is 18.7. The Bertz CT molecular complexity index is 683. The molecule has 0 unspecified atom stereocenters. The summed E-state index contributed by atoms with van der Waals surface area (Å²) in [4.78, 5) is 25.4. The molecule has 1 aromatic rings. The lowest BCUT2D eigenvalue weighted by atomic mass is 9.82. The topological polar surface area (TPSA) is 66.8 Å². The fourth-order valence-electron chi connectivity index (χ4n) is 3.88. The lowest BCUT2D eigenvalue weighted by Crippen LogP contribution is -2.33. The molecule has 1 aliphatic heterocycles. The maximum Gasteiger partial charge on any atom is 0.306 e. The van der Waals surface area contributed by atoms with E-state index in [1.54, 1.807) is 17.0 Å². The van der Waals surface area contributed by atoms with Crippen molar-refractivity contribution >= 4 is 11.9 Å². The number of hydrogen-bond donors (Lipinski definition) is 1. The number of rotatable bonds is 7. The Labute approximate surface area is 153 Å². The molecule has 0 bridgehead atoms. The van der Waals surface area contributed by atoms with E-state index in [1.807, 2.05) is 6.92 Å². The van der Waals surface area contributed by atoms with E-state index in [1.165, 1.54) is 0 Å². The number of aliphatic carboxylic acids is 1. The molecular formula is C20H26FNO4. The second kappa shape index (κ2) is 8.06. The molecule has 5 nitrogen and oxygen atoms in total. The molecule has 142 valence electrons. The highest BCUT2D eigenvalue weighted by atomic mass is 19.1. The monoisotopic (exact) mass is 363 g/mol. The van der Waals surface area contributed by atoms with Gasteiger partial charge in [0.1, 0.15) is 0 Å². The van der Waals surface area contributed by atoms with Gasteiger partial charge in [0.05, 0.1) is 18.1 Å². The number of hydrogen-bond acceptors (Lipinski definition) is 3. The molecule has 0 atom stereocenters. The minimum atomic E-state index is -0.731. The maximum atomic E-state index is 14.7. The van der Waals surface area contributed by atoms with Crippen LogP contribution >= 0.6 is 0 Å². The van der Waals surface area contributed by atoms with E-state index < -0.39 is 11.8 Å². The van der Waals surface area contributed by atoms with E-state index in [0.29, 0.717) is 38.1 Å². The van der Waals surface area contributed by atoms with Gasteiger partial charge >= 0.3 is 5.97 Å². The zero-order valence-electron chi connectivity index (χ0n) is 15.2. The van der Waals surface area contributed by atoms with E-state index in [-0.39, 0.29) is 29.1 Å². The summed E-state index contributed by atoms with van der Waals surface area (Å²) in [6.07, 6.45) is 4.70. The Hall–Kier alpha value is -2.11. The van der Waals surface area contributed by atoms with Crippen LogP contribution in [0.15, 0.2) is 12.1 Å². The van der Waals surface area contributed by atoms with Gasteiger partial charge in [-0.05, 0) is 49.7 Å². The molecule has 0 aromatic heterocycles. The molecule has 0 saturated heterocycles. The highest BCUT2D eigenvalue weighted by molar-refractivity contribution is 5.99. The number of carbonyl (C=O) groups excluding carboxylic acids is 1. The van der Waals surface area contributed by atoms with Crippen LogP contribution in [0.4, 0.5) is 4.39 Å². The summed E-state index contributed by atoms with van der Waals surface area (Å²) in [6, 6.07) is 3.39. The predicted molar refractivity (Wildman–Crippen MR) is 94.6 cm³/mol. The third kappa shape index (κ3) is 3.84. The van der Waals surface area contributed by atoms with Crippen LogP contribution in [0.1, 0.15) is 61.4 Å². The summed E-state index contributed by atoms with van der Waals surface area (Å²) in [6.45, 7) is 3.45. The van der Waals surface area contributed by atoms with Gasteiger partial charge < -0.3 is 14.7 Å². The van der Waals surface area contributed by atoms with Crippen LogP contribution < -0.4 is 4.74 Å². The average Bonchev–Trinajstić information content (AvgIpc) is 2.94. The predicted octanol–water partition coefficient (Wildman–Crippen LogP) is 3.85. The Morgan fingerprint density at radius 1 is 1.31 bits per heavy atom. The molecule has 2 aliphatic rings. The molecule has 1 heterocycles. The molecule has 1 N–H and O–H groups in total. The first-order chi connectivity index (χ1) is 12.5. The molecule has 1 saturated carbocycles. The van der Waals surface area contributed by atoms with Crippen LogP contribution in [-0.4, -0.2) is 35.0 Å². The number of unbranched alkanes of at least 4 members (excludes halogenated alkanes) is 1. The molecular weight excluding hydrogens is 337 g/mol. The minimum Gasteiger partial charge on any atom is -0.490 e. The zero-order valence-corrected chi connectivity index (χ0v) is 15.2. The summed E-state index contributed by atoms with van der Waals surface area (Å²) in [5.41, 5.74) is 0.841. The second-order valence-electron chi connectivity index (χ2n) is 7.36. The molecule has 1 aromatic carbocycles. The van der Waals surface area contributed by atoms with Crippen LogP contribution in [0.25, 0.3) is 0 Å². The van der Waals surface area contributed by atoms with Gasteiger partial charge in [0.15, 0.2) is 11.6 Å². The summed E-state index contributed by atoms with van der Waals surface area (Å²) in [7, 11) is 0. The van der Waals surface area contributed by atoms with Gasteiger partial charge in [0.2, 0.25) is 0 Å². The van der Waals surface area contributed by atoms with Gasteiger partial charge in [-0.3, -0.25) is 9.59 Å². The van der Waals surface area contributed by atoms with Gasteiger partial charge in [-0.15, -0.1) is 0 Å². The summed E-state index contributed by atoms with van der Waals surface area (Å²) in [5, 5.41) is 9.08. The van der Waals surface area contributed by atoms with Crippen molar-refractivity contribution in [1.82, 2.24) is 4.90 Å². The highest BCUT2D eigenvalue weighted by Crippen LogP contribution is 2.34. The third-order valence-corrected chi connectivity index (χ3v) is 5.49. The second-order valence-corrected chi connectivity index (χ2v) is 7.36. The van der Waals surface area contributed by atoms with Gasteiger partial charge in [-0.1, -0.05) is 19.4 Å².